The van der Waals surface area contributed by atoms with Crippen LogP contribution in [0.15, 0.2) is 36.4 Å². The zero-order valence-electron chi connectivity index (χ0n) is 18.0. The standard InChI is InChI=1S/C26H38N2/c1-3-5-7-21-9-11-22(12-10-21)13-14-23-15-17-24(18-16-23)26-20-19-25(27-28-26)8-6-4-2/h15-22H,3-14H2,1-2H3/t21-,22-. The van der Waals surface area contributed by atoms with Gasteiger partial charge in [0, 0.05) is 5.56 Å². The fourth-order valence-electron chi connectivity index (χ4n) is 4.52. The normalized spacial score (nSPS) is 19.6. The molecule has 1 aromatic carbocycles. The first-order chi connectivity index (χ1) is 13.8. The van der Waals surface area contributed by atoms with Gasteiger partial charge in [0.1, 0.15) is 0 Å². The monoisotopic (exact) mass is 378 g/mol. The SMILES string of the molecule is CCCCc1ccc(-c2ccc(CC[C@H]3CC[C@H](CCCC)CC3)cc2)nn1. The van der Waals surface area contributed by atoms with Gasteiger partial charge in [-0.15, -0.1) is 0 Å². The third-order valence-electron chi connectivity index (χ3n) is 6.53. The second-order valence-electron chi connectivity index (χ2n) is 8.78. The maximum absolute atomic E-state index is 4.43. The summed E-state index contributed by atoms with van der Waals surface area (Å²) in [6.45, 7) is 4.52. The van der Waals surface area contributed by atoms with Crippen molar-refractivity contribution < 1.29 is 0 Å². The average molecular weight is 379 g/mol. The highest BCUT2D eigenvalue weighted by atomic mass is 15.1. The molecule has 0 N–H and O–H groups in total. The van der Waals surface area contributed by atoms with Gasteiger partial charge in [0.2, 0.25) is 0 Å². The van der Waals surface area contributed by atoms with Crippen LogP contribution in [0.5, 0.6) is 0 Å². The molecule has 152 valence electrons. The lowest BCUT2D eigenvalue weighted by Gasteiger charge is -2.28. The molecule has 1 aliphatic carbocycles. The van der Waals surface area contributed by atoms with E-state index in [0.717, 1.165) is 29.6 Å². The minimum atomic E-state index is 0.944. The van der Waals surface area contributed by atoms with E-state index in [0.29, 0.717) is 0 Å². The first-order valence-corrected chi connectivity index (χ1v) is 11.7. The molecule has 1 heterocycles. The highest BCUT2D eigenvalue weighted by Gasteiger charge is 2.20. The van der Waals surface area contributed by atoms with Crippen LogP contribution < -0.4 is 0 Å². The molecule has 28 heavy (non-hydrogen) atoms. The summed E-state index contributed by atoms with van der Waals surface area (Å²) in [4.78, 5) is 0. The number of aromatic nitrogens is 2. The second kappa shape index (κ2) is 11.3. The van der Waals surface area contributed by atoms with Gasteiger partial charge in [-0.1, -0.05) is 89.5 Å². The Morgan fingerprint density at radius 1 is 0.714 bits per heavy atom. The van der Waals surface area contributed by atoms with Crippen LogP contribution in [0.3, 0.4) is 0 Å². The largest absolute Gasteiger partial charge is 0.155 e. The second-order valence-corrected chi connectivity index (χ2v) is 8.78. The Balaban J connectivity index is 1.44. The predicted molar refractivity (Wildman–Crippen MR) is 119 cm³/mol. The summed E-state index contributed by atoms with van der Waals surface area (Å²) in [5, 5.41) is 8.82. The lowest BCUT2D eigenvalue weighted by atomic mass is 9.78. The first-order valence-electron chi connectivity index (χ1n) is 11.7. The van der Waals surface area contributed by atoms with Crippen molar-refractivity contribution in [2.24, 2.45) is 11.8 Å². The van der Waals surface area contributed by atoms with Crippen LogP contribution in [0.1, 0.15) is 89.3 Å². The zero-order chi connectivity index (χ0) is 19.6. The van der Waals surface area contributed by atoms with Crippen LogP contribution in [0.2, 0.25) is 0 Å². The molecule has 0 spiro atoms. The molecule has 2 heteroatoms. The Bertz CT molecular complexity index is 667. The van der Waals surface area contributed by atoms with Gasteiger partial charge in [0.15, 0.2) is 0 Å². The molecule has 3 rings (SSSR count). The summed E-state index contributed by atoms with van der Waals surface area (Å²) >= 11 is 0. The predicted octanol–water partition coefficient (Wildman–Crippen LogP) is 7.42. The number of benzene rings is 1. The van der Waals surface area contributed by atoms with Crippen LogP contribution in [0.4, 0.5) is 0 Å². The van der Waals surface area contributed by atoms with Gasteiger partial charge < -0.3 is 0 Å². The zero-order valence-corrected chi connectivity index (χ0v) is 18.0. The smallest absolute Gasteiger partial charge is 0.0929 e. The molecule has 0 atom stereocenters. The van der Waals surface area contributed by atoms with E-state index in [1.165, 1.54) is 81.8 Å². The molecule has 0 saturated heterocycles. The van der Waals surface area contributed by atoms with Gasteiger partial charge in [0.25, 0.3) is 0 Å². The van der Waals surface area contributed by atoms with Crippen LogP contribution >= 0.6 is 0 Å². The summed E-state index contributed by atoms with van der Waals surface area (Å²) in [5.41, 5.74) is 4.72. The maximum atomic E-state index is 4.43. The molecule has 1 aliphatic rings. The van der Waals surface area contributed by atoms with E-state index >= 15 is 0 Å². The topological polar surface area (TPSA) is 25.8 Å². The van der Waals surface area contributed by atoms with E-state index in [1.807, 2.05) is 0 Å². The summed E-state index contributed by atoms with van der Waals surface area (Å²) in [5.74, 6) is 1.96. The molecule has 1 aromatic heterocycles. The number of unbranched alkanes of at least 4 members (excludes halogenated alkanes) is 2. The van der Waals surface area contributed by atoms with Gasteiger partial charge in [0.05, 0.1) is 11.4 Å². The fraction of sp³-hybridized carbons (Fsp3) is 0.615. The molecule has 0 radical (unpaired) electrons. The van der Waals surface area contributed by atoms with Crippen molar-refractivity contribution in [1.29, 1.82) is 0 Å². The van der Waals surface area contributed by atoms with Crippen LogP contribution in [-0.2, 0) is 12.8 Å². The van der Waals surface area contributed by atoms with Crippen molar-refractivity contribution in [3.8, 4) is 11.3 Å². The van der Waals surface area contributed by atoms with Gasteiger partial charge in [-0.2, -0.15) is 10.2 Å². The van der Waals surface area contributed by atoms with E-state index in [9.17, 15) is 0 Å². The third-order valence-corrected chi connectivity index (χ3v) is 6.53. The summed E-state index contributed by atoms with van der Waals surface area (Å²) in [6, 6.07) is 13.2. The molecule has 0 bridgehead atoms. The Morgan fingerprint density at radius 3 is 2.00 bits per heavy atom. The average Bonchev–Trinajstić information content (AvgIpc) is 2.76. The number of nitrogens with zero attached hydrogens (tertiary/aromatic N) is 2. The van der Waals surface area contributed by atoms with Crippen molar-refractivity contribution >= 4 is 0 Å². The molecular weight excluding hydrogens is 340 g/mol. The molecule has 1 fully saturated rings. The first kappa shape index (κ1) is 21.0. The molecule has 0 aliphatic heterocycles. The van der Waals surface area contributed by atoms with E-state index < -0.39 is 0 Å². The molecular formula is C26H38N2. The molecule has 0 unspecified atom stereocenters. The quantitative estimate of drug-likeness (QED) is 0.430. The third kappa shape index (κ3) is 6.43. The van der Waals surface area contributed by atoms with E-state index in [4.69, 9.17) is 0 Å². The fourth-order valence-corrected chi connectivity index (χ4v) is 4.52. The highest BCUT2D eigenvalue weighted by Crippen LogP contribution is 2.34. The van der Waals surface area contributed by atoms with Crippen molar-refractivity contribution in [2.75, 3.05) is 0 Å². The molecule has 1 saturated carbocycles. The van der Waals surface area contributed by atoms with Crippen molar-refractivity contribution in [2.45, 2.75) is 90.9 Å². The van der Waals surface area contributed by atoms with Crippen LogP contribution in [0, 0.1) is 11.8 Å². The number of hydrogen-bond acceptors (Lipinski definition) is 2. The number of rotatable bonds is 10. The molecule has 2 nitrogen and oxygen atoms in total. The maximum Gasteiger partial charge on any atom is 0.0929 e. The number of aryl methyl sites for hydroxylation is 2. The molecule has 0 amide bonds. The summed E-state index contributed by atoms with van der Waals surface area (Å²) in [6.07, 6.45) is 16.1. The van der Waals surface area contributed by atoms with Gasteiger partial charge in [-0.05, 0) is 55.2 Å². The number of hydrogen-bond donors (Lipinski definition) is 0. The van der Waals surface area contributed by atoms with Crippen LogP contribution in [-0.4, -0.2) is 10.2 Å². The van der Waals surface area contributed by atoms with Crippen molar-refractivity contribution in [1.82, 2.24) is 10.2 Å². The Kier molecular flexibility index (Phi) is 8.51. The van der Waals surface area contributed by atoms with E-state index in [-0.39, 0.29) is 0 Å². The molecule has 2 aromatic rings. The Hall–Kier alpha value is -1.70. The van der Waals surface area contributed by atoms with E-state index in [2.05, 4.69) is 60.4 Å². The summed E-state index contributed by atoms with van der Waals surface area (Å²) < 4.78 is 0. The minimum Gasteiger partial charge on any atom is -0.155 e. The van der Waals surface area contributed by atoms with Crippen LogP contribution in [0.25, 0.3) is 11.3 Å². The van der Waals surface area contributed by atoms with Crippen molar-refractivity contribution in [3.05, 3.63) is 47.7 Å². The lowest BCUT2D eigenvalue weighted by molar-refractivity contribution is 0.250. The minimum absolute atomic E-state index is 0.944. The summed E-state index contributed by atoms with van der Waals surface area (Å²) in [7, 11) is 0. The highest BCUT2D eigenvalue weighted by molar-refractivity contribution is 5.58. The van der Waals surface area contributed by atoms with Gasteiger partial charge in [-0.25, -0.2) is 0 Å². The lowest BCUT2D eigenvalue weighted by Crippen LogP contribution is -2.15. The van der Waals surface area contributed by atoms with E-state index in [1.54, 1.807) is 0 Å². The van der Waals surface area contributed by atoms with Gasteiger partial charge in [-0.3, -0.25) is 0 Å². The Morgan fingerprint density at radius 2 is 1.39 bits per heavy atom. The van der Waals surface area contributed by atoms with Crippen molar-refractivity contribution in [3.63, 3.8) is 0 Å². The Labute approximate surface area is 172 Å². The van der Waals surface area contributed by atoms with Gasteiger partial charge >= 0.3 is 0 Å².